The van der Waals surface area contributed by atoms with Crippen molar-refractivity contribution in [2.24, 2.45) is 4.99 Å². The molecule has 218 valence electrons. The molecule has 0 saturated heterocycles. The molecule has 0 spiro atoms. The average Bonchev–Trinajstić information content (AvgIpc) is 3.30. The number of ether oxygens (including phenoxy) is 3. The Morgan fingerprint density at radius 1 is 0.977 bits per heavy atom. The van der Waals surface area contributed by atoms with Crippen molar-refractivity contribution < 1.29 is 19.0 Å². The van der Waals surface area contributed by atoms with Gasteiger partial charge in [0, 0.05) is 11.1 Å². The monoisotopic (exact) mass is 592 g/mol. The SMILES string of the molecule is CCOC(=O)C1=C(C)N=c2sc(=Cc3c(OC(C)C)ccc4ccccc34)c(=O)n2[C@@H]1c1c(OC)ccc2ccccc12. The fourth-order valence-corrected chi connectivity index (χ4v) is 6.74. The van der Waals surface area contributed by atoms with Gasteiger partial charge in [0.2, 0.25) is 0 Å². The number of hydrogen-bond acceptors (Lipinski definition) is 7. The number of esters is 1. The number of fused-ring (bicyclic) bond motifs is 3. The highest BCUT2D eigenvalue weighted by atomic mass is 32.1. The second-order valence-electron chi connectivity index (χ2n) is 10.6. The van der Waals surface area contributed by atoms with E-state index < -0.39 is 12.0 Å². The minimum Gasteiger partial charge on any atom is -0.496 e. The van der Waals surface area contributed by atoms with E-state index in [1.807, 2.05) is 92.7 Å². The zero-order chi connectivity index (χ0) is 30.2. The summed E-state index contributed by atoms with van der Waals surface area (Å²) in [5.74, 6) is 0.742. The fraction of sp³-hybridized carbons (Fsp3) is 0.229. The minimum absolute atomic E-state index is 0.0526. The van der Waals surface area contributed by atoms with Crippen LogP contribution in [-0.4, -0.2) is 30.4 Å². The molecule has 43 heavy (non-hydrogen) atoms. The normalized spacial score (nSPS) is 15.1. The lowest BCUT2D eigenvalue weighted by atomic mass is 9.90. The highest BCUT2D eigenvalue weighted by Crippen LogP contribution is 2.40. The third-order valence-electron chi connectivity index (χ3n) is 7.51. The summed E-state index contributed by atoms with van der Waals surface area (Å²) in [6, 6.07) is 22.9. The summed E-state index contributed by atoms with van der Waals surface area (Å²) < 4.78 is 19.6. The molecule has 0 radical (unpaired) electrons. The van der Waals surface area contributed by atoms with Crippen molar-refractivity contribution in [3.05, 3.63) is 115 Å². The van der Waals surface area contributed by atoms with Crippen LogP contribution in [0.1, 0.15) is 44.9 Å². The van der Waals surface area contributed by atoms with E-state index in [1.165, 1.54) is 11.3 Å². The minimum atomic E-state index is -0.808. The quantitative estimate of drug-likeness (QED) is 0.220. The summed E-state index contributed by atoms with van der Waals surface area (Å²) in [7, 11) is 1.59. The van der Waals surface area contributed by atoms with Crippen molar-refractivity contribution in [2.75, 3.05) is 13.7 Å². The van der Waals surface area contributed by atoms with Crippen LogP contribution in [0.4, 0.5) is 0 Å². The molecule has 4 aromatic carbocycles. The van der Waals surface area contributed by atoms with Crippen molar-refractivity contribution in [3.63, 3.8) is 0 Å². The zero-order valence-electron chi connectivity index (χ0n) is 24.7. The first-order valence-corrected chi connectivity index (χ1v) is 15.1. The molecule has 2 heterocycles. The summed E-state index contributed by atoms with van der Waals surface area (Å²) in [5.41, 5.74) is 2.07. The molecule has 8 heteroatoms. The molecule has 7 nitrogen and oxygen atoms in total. The number of allylic oxidation sites excluding steroid dienone is 1. The first kappa shape index (κ1) is 28.4. The van der Waals surface area contributed by atoms with Gasteiger partial charge in [0.05, 0.1) is 35.6 Å². The lowest BCUT2D eigenvalue weighted by Gasteiger charge is -2.27. The van der Waals surface area contributed by atoms with E-state index in [1.54, 1.807) is 25.5 Å². The number of aromatic nitrogens is 1. The van der Waals surface area contributed by atoms with E-state index in [9.17, 15) is 9.59 Å². The summed E-state index contributed by atoms with van der Waals surface area (Å²) in [6.45, 7) is 7.69. The van der Waals surface area contributed by atoms with Crippen LogP contribution in [0.5, 0.6) is 11.5 Å². The number of carbonyl (C=O) groups excluding carboxylic acids is 1. The molecule has 0 aliphatic carbocycles. The van der Waals surface area contributed by atoms with E-state index >= 15 is 0 Å². The molecular formula is C35H32N2O5S. The maximum Gasteiger partial charge on any atom is 0.338 e. The summed E-state index contributed by atoms with van der Waals surface area (Å²) in [5, 5.41) is 3.85. The number of carbonyl (C=O) groups is 1. The van der Waals surface area contributed by atoms with Gasteiger partial charge in [-0.15, -0.1) is 0 Å². The Morgan fingerprint density at radius 2 is 1.63 bits per heavy atom. The second kappa shape index (κ2) is 11.5. The number of benzene rings is 4. The zero-order valence-corrected chi connectivity index (χ0v) is 25.5. The maximum absolute atomic E-state index is 14.5. The predicted octanol–water partition coefficient (Wildman–Crippen LogP) is 5.90. The van der Waals surface area contributed by atoms with Crippen molar-refractivity contribution in [3.8, 4) is 11.5 Å². The van der Waals surface area contributed by atoms with Gasteiger partial charge < -0.3 is 14.2 Å². The number of hydrogen-bond donors (Lipinski definition) is 0. The highest BCUT2D eigenvalue weighted by Gasteiger charge is 2.36. The van der Waals surface area contributed by atoms with Gasteiger partial charge >= 0.3 is 5.97 Å². The van der Waals surface area contributed by atoms with E-state index in [0.29, 0.717) is 37.7 Å². The Hall–Kier alpha value is -4.69. The van der Waals surface area contributed by atoms with Gasteiger partial charge in [0.15, 0.2) is 4.80 Å². The van der Waals surface area contributed by atoms with Crippen LogP contribution in [0, 0.1) is 0 Å². The average molecular weight is 593 g/mol. The highest BCUT2D eigenvalue weighted by molar-refractivity contribution is 7.07. The lowest BCUT2D eigenvalue weighted by Crippen LogP contribution is -2.40. The summed E-state index contributed by atoms with van der Waals surface area (Å²) >= 11 is 1.29. The van der Waals surface area contributed by atoms with E-state index in [-0.39, 0.29) is 18.3 Å². The number of nitrogens with zero attached hydrogens (tertiary/aromatic N) is 2. The standard InChI is InChI=1S/C35H32N2O5S/c1-6-41-34(39)30-21(4)36-35-37(32(30)31-25-14-10-8-12-23(25)16-18-28(31)40-5)33(38)29(43-35)19-26-24-13-9-7-11-22(24)15-17-27(26)42-20(2)3/h7-20,32H,6H2,1-5H3/t32-/m0/s1. The molecule has 0 N–H and O–H groups in total. The van der Waals surface area contributed by atoms with Crippen molar-refractivity contribution in [1.82, 2.24) is 4.57 Å². The van der Waals surface area contributed by atoms with Crippen LogP contribution >= 0.6 is 11.3 Å². The lowest BCUT2D eigenvalue weighted by molar-refractivity contribution is -0.139. The van der Waals surface area contributed by atoms with Gasteiger partial charge in [-0.3, -0.25) is 9.36 Å². The Morgan fingerprint density at radius 3 is 2.30 bits per heavy atom. The number of methoxy groups -OCH3 is 1. The van der Waals surface area contributed by atoms with Crippen LogP contribution in [-0.2, 0) is 9.53 Å². The second-order valence-corrected chi connectivity index (χ2v) is 11.6. The third kappa shape index (κ3) is 5.02. The van der Waals surface area contributed by atoms with Crippen molar-refractivity contribution in [2.45, 2.75) is 39.8 Å². The Balaban J connectivity index is 1.68. The van der Waals surface area contributed by atoms with Crippen LogP contribution in [0.25, 0.3) is 27.6 Å². The van der Waals surface area contributed by atoms with Crippen LogP contribution in [0.2, 0.25) is 0 Å². The fourth-order valence-electron chi connectivity index (χ4n) is 5.71. The molecule has 0 fully saturated rings. The van der Waals surface area contributed by atoms with E-state index in [2.05, 4.69) is 0 Å². The van der Waals surface area contributed by atoms with Gasteiger partial charge in [-0.25, -0.2) is 9.79 Å². The van der Waals surface area contributed by atoms with Gasteiger partial charge in [-0.2, -0.15) is 0 Å². The van der Waals surface area contributed by atoms with Gasteiger partial charge in [-0.05, 0) is 67.4 Å². The molecule has 6 rings (SSSR count). The molecule has 1 aliphatic rings. The predicted molar refractivity (Wildman–Crippen MR) is 171 cm³/mol. The maximum atomic E-state index is 14.5. The van der Waals surface area contributed by atoms with Crippen molar-refractivity contribution in [1.29, 1.82) is 0 Å². The molecular weight excluding hydrogens is 560 g/mol. The number of rotatable bonds is 7. The summed E-state index contributed by atoms with van der Waals surface area (Å²) in [6.07, 6.45) is 1.83. The largest absolute Gasteiger partial charge is 0.496 e. The first-order valence-electron chi connectivity index (χ1n) is 14.3. The van der Waals surface area contributed by atoms with Gasteiger partial charge in [-0.1, -0.05) is 72.0 Å². The Kier molecular flexibility index (Phi) is 7.62. The molecule has 1 aromatic heterocycles. The third-order valence-corrected chi connectivity index (χ3v) is 8.49. The molecule has 0 bridgehead atoms. The van der Waals surface area contributed by atoms with Gasteiger partial charge in [0.1, 0.15) is 17.5 Å². The van der Waals surface area contributed by atoms with E-state index in [0.717, 1.165) is 27.1 Å². The van der Waals surface area contributed by atoms with Crippen LogP contribution in [0.15, 0.2) is 93.9 Å². The Bertz CT molecular complexity index is 2100. The van der Waals surface area contributed by atoms with Crippen LogP contribution < -0.4 is 24.4 Å². The van der Waals surface area contributed by atoms with Crippen molar-refractivity contribution >= 4 is 44.9 Å². The molecule has 1 atom stereocenters. The molecule has 5 aromatic rings. The summed E-state index contributed by atoms with van der Waals surface area (Å²) in [4.78, 5) is 33.2. The molecule has 1 aliphatic heterocycles. The molecule has 0 amide bonds. The topological polar surface area (TPSA) is 79.1 Å². The van der Waals surface area contributed by atoms with Crippen LogP contribution in [0.3, 0.4) is 0 Å². The van der Waals surface area contributed by atoms with Gasteiger partial charge in [0.25, 0.3) is 5.56 Å². The number of thiazole rings is 1. The molecule has 0 unspecified atom stereocenters. The van der Waals surface area contributed by atoms with E-state index in [4.69, 9.17) is 19.2 Å². The molecule has 0 saturated carbocycles. The smallest absolute Gasteiger partial charge is 0.338 e. The first-order chi connectivity index (χ1) is 20.8. The Labute approximate surface area is 253 Å².